The summed E-state index contributed by atoms with van der Waals surface area (Å²) in [5, 5.41) is 0. The van der Waals surface area contributed by atoms with Gasteiger partial charge in [0.1, 0.15) is 6.10 Å². The molecule has 0 aromatic rings. The number of likely N-dealkylation sites (tertiary alicyclic amines) is 2. The molecule has 2 heterocycles. The van der Waals surface area contributed by atoms with Gasteiger partial charge in [-0.2, -0.15) is 0 Å². The van der Waals surface area contributed by atoms with Crippen LogP contribution in [0.2, 0.25) is 0 Å². The Morgan fingerprint density at radius 3 is 2.19 bits per heavy atom. The maximum atomic E-state index is 12.2. The minimum Gasteiger partial charge on any atom is -0.370 e. The summed E-state index contributed by atoms with van der Waals surface area (Å²) in [5.41, 5.74) is 5.55. The van der Waals surface area contributed by atoms with E-state index in [2.05, 4.69) is 4.90 Å². The fourth-order valence-corrected chi connectivity index (χ4v) is 3.24. The number of piperidine rings is 2. The van der Waals surface area contributed by atoms with Crippen LogP contribution in [0.15, 0.2) is 0 Å². The van der Waals surface area contributed by atoms with E-state index in [-0.39, 0.29) is 37.3 Å². The number of halogens is 2. The van der Waals surface area contributed by atoms with Crippen molar-refractivity contribution in [3.05, 3.63) is 0 Å². The quantitative estimate of drug-likeness (QED) is 0.836. The van der Waals surface area contributed by atoms with Crippen molar-refractivity contribution in [1.29, 1.82) is 0 Å². The van der Waals surface area contributed by atoms with Gasteiger partial charge in [-0.3, -0.25) is 4.79 Å². The number of methoxy groups -OCH3 is 1. The second kappa shape index (κ2) is 10.6. The third kappa shape index (κ3) is 5.57. The molecule has 126 valence electrons. The molecule has 2 aliphatic heterocycles. The third-order valence-electron chi connectivity index (χ3n) is 4.46. The van der Waals surface area contributed by atoms with E-state index in [0.29, 0.717) is 6.04 Å². The van der Waals surface area contributed by atoms with Crippen molar-refractivity contribution in [2.45, 2.75) is 44.2 Å². The molecule has 0 bridgehead atoms. The SMILES string of the molecule is COC(CN)C(=O)N1CCC(N2CCCCC2)CC1.Cl.Cl. The van der Waals surface area contributed by atoms with Gasteiger partial charge in [-0.05, 0) is 38.8 Å². The number of nitrogens with zero attached hydrogens (tertiary/aromatic N) is 2. The molecule has 0 spiro atoms. The Morgan fingerprint density at radius 2 is 1.71 bits per heavy atom. The van der Waals surface area contributed by atoms with Gasteiger partial charge in [-0.25, -0.2) is 0 Å². The molecule has 2 N–H and O–H groups in total. The van der Waals surface area contributed by atoms with Gasteiger partial charge >= 0.3 is 0 Å². The lowest BCUT2D eigenvalue weighted by Crippen LogP contribution is -2.51. The van der Waals surface area contributed by atoms with Crippen LogP contribution in [0.3, 0.4) is 0 Å². The Bertz CT molecular complexity index is 290. The van der Waals surface area contributed by atoms with Crippen LogP contribution >= 0.6 is 24.8 Å². The van der Waals surface area contributed by atoms with Crippen LogP contribution in [0, 0.1) is 0 Å². The van der Waals surface area contributed by atoms with E-state index in [9.17, 15) is 4.79 Å². The van der Waals surface area contributed by atoms with Gasteiger partial charge in [-0.1, -0.05) is 6.42 Å². The van der Waals surface area contributed by atoms with Crippen molar-refractivity contribution in [3.63, 3.8) is 0 Å². The average Bonchev–Trinajstić information content (AvgIpc) is 2.49. The van der Waals surface area contributed by atoms with Crippen LogP contribution in [0.1, 0.15) is 32.1 Å². The summed E-state index contributed by atoms with van der Waals surface area (Å²) < 4.78 is 5.13. The van der Waals surface area contributed by atoms with Gasteiger partial charge < -0.3 is 20.3 Å². The lowest BCUT2D eigenvalue weighted by Gasteiger charge is -2.40. The Morgan fingerprint density at radius 1 is 1.14 bits per heavy atom. The summed E-state index contributed by atoms with van der Waals surface area (Å²) in [5.74, 6) is 0.0575. The Hall–Kier alpha value is -0.0700. The molecule has 5 nitrogen and oxygen atoms in total. The molecule has 2 aliphatic rings. The molecule has 0 radical (unpaired) electrons. The van der Waals surface area contributed by atoms with Crippen molar-refractivity contribution in [2.24, 2.45) is 5.73 Å². The first-order valence-corrected chi connectivity index (χ1v) is 7.52. The monoisotopic (exact) mass is 341 g/mol. The highest BCUT2D eigenvalue weighted by Crippen LogP contribution is 2.21. The molecule has 2 rings (SSSR count). The second-order valence-corrected chi connectivity index (χ2v) is 5.61. The standard InChI is InChI=1S/C14H27N3O2.2ClH/c1-19-13(11-15)14(18)17-9-5-12(6-10-17)16-7-3-2-4-8-16;;/h12-13H,2-11,15H2,1H3;2*1H. The Labute approximate surface area is 140 Å². The predicted octanol–water partition coefficient (Wildman–Crippen LogP) is 1.28. The van der Waals surface area contributed by atoms with Gasteiger partial charge in [0.25, 0.3) is 5.91 Å². The number of nitrogens with two attached hydrogens (primary N) is 1. The molecule has 0 aromatic carbocycles. The fourth-order valence-electron chi connectivity index (χ4n) is 3.24. The lowest BCUT2D eigenvalue weighted by atomic mass is 9.99. The number of rotatable bonds is 4. The lowest BCUT2D eigenvalue weighted by molar-refractivity contribution is -0.143. The molecule has 0 aliphatic carbocycles. The highest BCUT2D eigenvalue weighted by molar-refractivity contribution is 5.85. The number of carbonyl (C=O) groups is 1. The third-order valence-corrected chi connectivity index (χ3v) is 4.46. The van der Waals surface area contributed by atoms with Crippen molar-refractivity contribution in [3.8, 4) is 0 Å². The molecular weight excluding hydrogens is 313 g/mol. The maximum Gasteiger partial charge on any atom is 0.253 e. The van der Waals surface area contributed by atoms with E-state index in [4.69, 9.17) is 10.5 Å². The van der Waals surface area contributed by atoms with Crippen molar-refractivity contribution < 1.29 is 9.53 Å². The first kappa shape index (κ1) is 20.9. The number of hydrogen-bond donors (Lipinski definition) is 1. The molecule has 0 saturated carbocycles. The summed E-state index contributed by atoms with van der Waals surface area (Å²) in [7, 11) is 1.55. The van der Waals surface area contributed by atoms with Crippen molar-refractivity contribution >= 4 is 30.7 Å². The largest absolute Gasteiger partial charge is 0.370 e. The molecule has 1 amide bonds. The first-order valence-electron chi connectivity index (χ1n) is 7.52. The fraction of sp³-hybridized carbons (Fsp3) is 0.929. The number of carbonyl (C=O) groups excluding carboxylic acids is 1. The van der Waals surface area contributed by atoms with E-state index < -0.39 is 6.10 Å². The number of ether oxygens (including phenoxy) is 1. The van der Waals surface area contributed by atoms with Crippen LogP contribution in [0.4, 0.5) is 0 Å². The summed E-state index contributed by atoms with van der Waals surface area (Å²) >= 11 is 0. The normalized spacial score (nSPS) is 22.1. The van der Waals surface area contributed by atoms with E-state index in [1.54, 1.807) is 7.11 Å². The molecule has 2 fully saturated rings. The summed E-state index contributed by atoms with van der Waals surface area (Å²) in [6.07, 6.45) is 5.75. The highest BCUT2D eigenvalue weighted by atomic mass is 35.5. The molecule has 1 atom stereocenters. The Kier molecular flexibility index (Phi) is 10.6. The molecule has 0 aromatic heterocycles. The minimum atomic E-state index is -0.466. The molecule has 7 heteroatoms. The van der Waals surface area contributed by atoms with Crippen LogP contribution in [0.5, 0.6) is 0 Å². The van der Waals surface area contributed by atoms with Gasteiger partial charge in [0.15, 0.2) is 0 Å². The zero-order valence-electron chi connectivity index (χ0n) is 12.8. The van der Waals surface area contributed by atoms with Crippen LogP contribution in [-0.2, 0) is 9.53 Å². The minimum absolute atomic E-state index is 0. The topological polar surface area (TPSA) is 58.8 Å². The summed E-state index contributed by atoms with van der Waals surface area (Å²) in [6.45, 7) is 4.44. The van der Waals surface area contributed by atoms with Crippen LogP contribution < -0.4 is 5.73 Å². The molecule has 2 saturated heterocycles. The predicted molar refractivity (Wildman–Crippen MR) is 89.4 cm³/mol. The summed E-state index contributed by atoms with van der Waals surface area (Å²) in [6, 6.07) is 0.670. The van der Waals surface area contributed by atoms with Crippen LogP contribution in [0.25, 0.3) is 0 Å². The summed E-state index contributed by atoms with van der Waals surface area (Å²) in [4.78, 5) is 16.7. The van der Waals surface area contributed by atoms with E-state index in [1.165, 1.54) is 32.4 Å². The number of hydrogen-bond acceptors (Lipinski definition) is 4. The van der Waals surface area contributed by atoms with Crippen molar-refractivity contribution in [2.75, 3.05) is 39.8 Å². The molecule has 21 heavy (non-hydrogen) atoms. The maximum absolute atomic E-state index is 12.2. The highest BCUT2D eigenvalue weighted by Gasteiger charge is 2.30. The van der Waals surface area contributed by atoms with E-state index in [0.717, 1.165) is 25.9 Å². The average molecular weight is 342 g/mol. The first-order chi connectivity index (χ1) is 9.26. The van der Waals surface area contributed by atoms with E-state index in [1.807, 2.05) is 4.90 Å². The van der Waals surface area contributed by atoms with Crippen molar-refractivity contribution in [1.82, 2.24) is 9.80 Å². The smallest absolute Gasteiger partial charge is 0.253 e. The molecular formula is C14H29Cl2N3O2. The van der Waals surface area contributed by atoms with Gasteiger partial charge in [0.05, 0.1) is 0 Å². The van der Waals surface area contributed by atoms with Gasteiger partial charge in [-0.15, -0.1) is 24.8 Å². The Balaban J connectivity index is 0.00000200. The number of amides is 1. The second-order valence-electron chi connectivity index (χ2n) is 5.61. The van der Waals surface area contributed by atoms with Gasteiger partial charge in [0.2, 0.25) is 0 Å². The van der Waals surface area contributed by atoms with Crippen LogP contribution in [-0.4, -0.2) is 67.7 Å². The molecule has 1 unspecified atom stereocenters. The zero-order chi connectivity index (χ0) is 13.7. The zero-order valence-corrected chi connectivity index (χ0v) is 14.5. The van der Waals surface area contributed by atoms with Gasteiger partial charge in [0, 0.05) is 32.8 Å². The van der Waals surface area contributed by atoms with E-state index >= 15 is 0 Å².